The van der Waals surface area contributed by atoms with Gasteiger partial charge >= 0.3 is 0 Å². The Morgan fingerprint density at radius 2 is 2.05 bits per heavy atom. The highest BCUT2D eigenvalue weighted by molar-refractivity contribution is 5.94. The fourth-order valence-electron chi connectivity index (χ4n) is 1.83. The van der Waals surface area contributed by atoms with E-state index in [0.29, 0.717) is 18.7 Å². The molecule has 2 aromatic rings. The van der Waals surface area contributed by atoms with Gasteiger partial charge < -0.3 is 10.1 Å². The lowest BCUT2D eigenvalue weighted by Crippen LogP contribution is -2.24. The Hall–Kier alpha value is -2.36. The van der Waals surface area contributed by atoms with Crippen LogP contribution in [-0.4, -0.2) is 17.4 Å². The second-order valence-electron chi connectivity index (χ2n) is 4.78. The summed E-state index contributed by atoms with van der Waals surface area (Å²) in [5.41, 5.74) is 1.67. The maximum Gasteiger partial charge on any atom is 0.251 e. The van der Waals surface area contributed by atoms with E-state index in [1.165, 1.54) is 0 Å². The number of carbonyl (C=O) groups excluding carboxylic acids is 1. The Kier molecular flexibility index (Phi) is 5.76. The van der Waals surface area contributed by atoms with Crippen molar-refractivity contribution < 1.29 is 9.53 Å². The molecular weight excluding hydrogens is 264 g/mol. The Morgan fingerprint density at radius 1 is 1.24 bits per heavy atom. The summed E-state index contributed by atoms with van der Waals surface area (Å²) in [5, 5.41) is 2.89. The van der Waals surface area contributed by atoms with Gasteiger partial charge in [-0.3, -0.25) is 9.78 Å². The molecule has 1 aromatic heterocycles. The van der Waals surface area contributed by atoms with Crippen LogP contribution in [0.2, 0.25) is 0 Å². The number of carbonyl (C=O) groups is 1. The van der Waals surface area contributed by atoms with E-state index in [1.807, 2.05) is 24.3 Å². The Labute approximate surface area is 125 Å². The molecule has 4 heteroatoms. The van der Waals surface area contributed by atoms with Crippen molar-refractivity contribution in [3.05, 3.63) is 59.9 Å². The number of amides is 1. The Balaban J connectivity index is 1.85. The summed E-state index contributed by atoms with van der Waals surface area (Å²) in [6.45, 7) is 3.28. The largest absolute Gasteiger partial charge is 0.489 e. The van der Waals surface area contributed by atoms with Gasteiger partial charge in [-0.25, -0.2) is 0 Å². The number of unbranched alkanes of at least 4 members (excludes halogenated alkanes) is 1. The molecule has 0 fully saturated rings. The summed E-state index contributed by atoms with van der Waals surface area (Å²) in [4.78, 5) is 15.9. The zero-order valence-corrected chi connectivity index (χ0v) is 12.2. The summed E-state index contributed by atoms with van der Waals surface area (Å²) in [5.74, 6) is 0.700. The molecule has 21 heavy (non-hydrogen) atoms. The van der Waals surface area contributed by atoms with Gasteiger partial charge in [0.05, 0.1) is 0 Å². The number of hydrogen-bond donors (Lipinski definition) is 1. The van der Waals surface area contributed by atoms with Crippen LogP contribution >= 0.6 is 0 Å². The fourth-order valence-corrected chi connectivity index (χ4v) is 1.83. The minimum atomic E-state index is -0.0396. The number of ether oxygens (including phenoxy) is 1. The molecule has 0 spiro atoms. The molecule has 0 aliphatic heterocycles. The summed E-state index contributed by atoms with van der Waals surface area (Å²) in [7, 11) is 0. The van der Waals surface area contributed by atoms with Crippen molar-refractivity contribution in [1.82, 2.24) is 10.3 Å². The highest BCUT2D eigenvalue weighted by Gasteiger charge is 2.04. The van der Waals surface area contributed by atoms with Crippen molar-refractivity contribution in [2.45, 2.75) is 26.4 Å². The zero-order valence-electron chi connectivity index (χ0n) is 12.2. The van der Waals surface area contributed by atoms with Crippen LogP contribution in [0.15, 0.2) is 48.8 Å². The molecule has 0 saturated carbocycles. The first-order chi connectivity index (χ1) is 10.3. The van der Waals surface area contributed by atoms with Crippen molar-refractivity contribution in [2.24, 2.45) is 0 Å². The number of aromatic nitrogens is 1. The molecule has 110 valence electrons. The SMILES string of the molecule is CCCCNC(=O)c1ccc(OCc2cccnc2)cc1. The number of nitrogens with one attached hydrogen (secondary N) is 1. The third-order valence-electron chi connectivity index (χ3n) is 3.06. The average Bonchev–Trinajstić information content (AvgIpc) is 2.54. The van der Waals surface area contributed by atoms with Gasteiger partial charge in [-0.15, -0.1) is 0 Å². The molecule has 0 radical (unpaired) electrons. The molecule has 0 aliphatic carbocycles. The summed E-state index contributed by atoms with van der Waals surface area (Å²) >= 11 is 0. The van der Waals surface area contributed by atoms with Crippen molar-refractivity contribution in [2.75, 3.05) is 6.54 Å². The first-order valence-corrected chi connectivity index (χ1v) is 7.19. The van der Waals surface area contributed by atoms with Crippen molar-refractivity contribution >= 4 is 5.91 Å². The number of hydrogen-bond acceptors (Lipinski definition) is 3. The molecule has 1 heterocycles. The van der Waals surface area contributed by atoms with E-state index in [1.54, 1.807) is 24.5 Å². The van der Waals surface area contributed by atoms with Crippen LogP contribution in [0.5, 0.6) is 5.75 Å². The zero-order chi connectivity index (χ0) is 14.9. The van der Waals surface area contributed by atoms with Crippen LogP contribution < -0.4 is 10.1 Å². The average molecular weight is 284 g/mol. The van der Waals surface area contributed by atoms with Crippen LogP contribution in [0.3, 0.4) is 0 Å². The summed E-state index contributed by atoms with van der Waals surface area (Å²) in [6, 6.07) is 11.0. The quantitative estimate of drug-likeness (QED) is 0.794. The molecule has 0 saturated heterocycles. The molecule has 0 atom stereocenters. The first-order valence-electron chi connectivity index (χ1n) is 7.19. The van der Waals surface area contributed by atoms with E-state index < -0.39 is 0 Å². The van der Waals surface area contributed by atoms with Gasteiger partial charge in [0.15, 0.2) is 0 Å². The van der Waals surface area contributed by atoms with Crippen molar-refractivity contribution in [3.8, 4) is 5.75 Å². The third kappa shape index (κ3) is 4.91. The van der Waals surface area contributed by atoms with Gasteiger partial charge in [0, 0.05) is 30.1 Å². The molecule has 1 N–H and O–H groups in total. The number of pyridine rings is 1. The van der Waals surface area contributed by atoms with Crippen LogP contribution in [0.25, 0.3) is 0 Å². The minimum absolute atomic E-state index is 0.0396. The van der Waals surface area contributed by atoms with Crippen LogP contribution in [-0.2, 0) is 6.61 Å². The Morgan fingerprint density at radius 3 is 2.71 bits per heavy atom. The minimum Gasteiger partial charge on any atom is -0.489 e. The standard InChI is InChI=1S/C17H20N2O2/c1-2-3-11-19-17(20)15-6-8-16(9-7-15)21-13-14-5-4-10-18-12-14/h4-10,12H,2-3,11,13H2,1H3,(H,19,20). The van der Waals surface area contributed by atoms with Crippen LogP contribution in [0.4, 0.5) is 0 Å². The number of rotatable bonds is 7. The van der Waals surface area contributed by atoms with Crippen LogP contribution in [0, 0.1) is 0 Å². The number of benzene rings is 1. The lowest BCUT2D eigenvalue weighted by Gasteiger charge is -2.07. The predicted octanol–water partition coefficient (Wildman–Crippen LogP) is 3.19. The maximum absolute atomic E-state index is 11.8. The summed E-state index contributed by atoms with van der Waals surface area (Å²) in [6.07, 6.45) is 5.57. The second kappa shape index (κ2) is 8.04. The summed E-state index contributed by atoms with van der Waals surface area (Å²) < 4.78 is 5.65. The molecular formula is C17H20N2O2. The van der Waals surface area contributed by atoms with Crippen molar-refractivity contribution in [3.63, 3.8) is 0 Å². The van der Waals surface area contributed by atoms with Gasteiger partial charge in [-0.1, -0.05) is 19.4 Å². The molecule has 1 aromatic carbocycles. The second-order valence-corrected chi connectivity index (χ2v) is 4.78. The Bertz CT molecular complexity index is 553. The van der Waals surface area contributed by atoms with E-state index >= 15 is 0 Å². The van der Waals surface area contributed by atoms with Gasteiger partial charge in [-0.05, 0) is 36.8 Å². The van der Waals surface area contributed by atoms with E-state index in [2.05, 4.69) is 17.2 Å². The number of nitrogens with zero attached hydrogens (tertiary/aromatic N) is 1. The van der Waals surface area contributed by atoms with E-state index in [0.717, 1.165) is 24.2 Å². The molecule has 0 unspecified atom stereocenters. The van der Waals surface area contributed by atoms with Gasteiger partial charge in [-0.2, -0.15) is 0 Å². The van der Waals surface area contributed by atoms with Crippen molar-refractivity contribution in [1.29, 1.82) is 0 Å². The van der Waals surface area contributed by atoms with Gasteiger partial charge in [0.25, 0.3) is 5.91 Å². The first kappa shape index (κ1) is 15.0. The highest BCUT2D eigenvalue weighted by atomic mass is 16.5. The molecule has 0 bridgehead atoms. The molecule has 2 rings (SSSR count). The molecule has 1 amide bonds. The van der Waals surface area contributed by atoms with E-state index in [4.69, 9.17) is 4.74 Å². The highest BCUT2D eigenvalue weighted by Crippen LogP contribution is 2.14. The third-order valence-corrected chi connectivity index (χ3v) is 3.06. The lowest BCUT2D eigenvalue weighted by molar-refractivity contribution is 0.0953. The fraction of sp³-hybridized carbons (Fsp3) is 0.294. The monoisotopic (exact) mass is 284 g/mol. The van der Waals surface area contributed by atoms with E-state index in [-0.39, 0.29) is 5.91 Å². The smallest absolute Gasteiger partial charge is 0.251 e. The normalized spacial score (nSPS) is 10.1. The topological polar surface area (TPSA) is 51.2 Å². The van der Waals surface area contributed by atoms with Crippen LogP contribution in [0.1, 0.15) is 35.7 Å². The molecule has 4 nitrogen and oxygen atoms in total. The van der Waals surface area contributed by atoms with Gasteiger partial charge in [0.2, 0.25) is 0 Å². The van der Waals surface area contributed by atoms with Gasteiger partial charge in [0.1, 0.15) is 12.4 Å². The molecule has 0 aliphatic rings. The predicted molar refractivity (Wildman–Crippen MR) is 82.3 cm³/mol. The maximum atomic E-state index is 11.8. The lowest BCUT2D eigenvalue weighted by atomic mass is 10.2. The van der Waals surface area contributed by atoms with E-state index in [9.17, 15) is 4.79 Å².